The topological polar surface area (TPSA) is 29.1 Å². The monoisotopic (exact) mass is 141 g/mol. The highest BCUT2D eigenvalue weighted by Crippen LogP contribution is 2.05. The highest BCUT2D eigenvalue weighted by molar-refractivity contribution is 5.95. The van der Waals surface area contributed by atoms with Crippen molar-refractivity contribution in [2.45, 2.75) is 27.2 Å². The average molecular weight is 141 g/mol. The second-order valence-corrected chi connectivity index (χ2v) is 1.82. The Labute approximate surface area is 62.3 Å². The van der Waals surface area contributed by atoms with Crippen LogP contribution in [0.4, 0.5) is 0 Å². The summed E-state index contributed by atoms with van der Waals surface area (Å²) in [7, 11) is 0. The highest BCUT2D eigenvalue weighted by Gasteiger charge is 2.13. The number of carbonyl (C=O) groups excluding carboxylic acids is 1. The third-order valence-electron chi connectivity index (χ3n) is 1.32. The van der Waals surface area contributed by atoms with Crippen LogP contribution in [0.3, 0.4) is 0 Å². The van der Waals surface area contributed by atoms with E-state index in [0.29, 0.717) is 0 Å². The van der Waals surface area contributed by atoms with Crippen molar-refractivity contribution in [1.82, 2.24) is 5.32 Å². The third kappa shape index (κ3) is 2.21. The molecule has 0 spiro atoms. The van der Waals surface area contributed by atoms with Crippen molar-refractivity contribution in [2.75, 3.05) is 6.54 Å². The molecule has 58 valence electrons. The Morgan fingerprint density at radius 2 is 2.10 bits per heavy atom. The Bertz CT molecular complexity index is 138. The normalized spacial score (nSPS) is 19.9. The van der Waals surface area contributed by atoms with Gasteiger partial charge >= 0.3 is 0 Å². The fourth-order valence-corrected chi connectivity index (χ4v) is 0.813. The smallest absolute Gasteiger partial charge is 0.246 e. The minimum Gasteiger partial charge on any atom is -0.352 e. The van der Waals surface area contributed by atoms with Gasteiger partial charge in [0, 0.05) is 12.1 Å². The lowest BCUT2D eigenvalue weighted by atomic mass is 10.2. The molecular formula is C8H15NO. The molecule has 2 nitrogen and oxygen atoms in total. The molecule has 0 atom stereocenters. The molecule has 0 saturated carbocycles. The zero-order valence-corrected chi connectivity index (χ0v) is 6.90. The summed E-state index contributed by atoms with van der Waals surface area (Å²) in [5.41, 5.74) is 0.921. The number of carbonyl (C=O) groups is 1. The first-order chi connectivity index (χ1) is 4.84. The average Bonchev–Trinajstić information content (AvgIpc) is 2.39. The van der Waals surface area contributed by atoms with Crippen LogP contribution in [0.5, 0.6) is 0 Å². The lowest BCUT2D eigenvalue weighted by Gasteiger charge is -1.85. The van der Waals surface area contributed by atoms with Gasteiger partial charge in [-0.05, 0) is 13.3 Å². The Hall–Kier alpha value is -0.790. The second kappa shape index (κ2) is 5.03. The zero-order chi connectivity index (χ0) is 7.98. The van der Waals surface area contributed by atoms with Gasteiger partial charge in [0.25, 0.3) is 0 Å². The summed E-state index contributed by atoms with van der Waals surface area (Å²) < 4.78 is 0. The summed E-state index contributed by atoms with van der Waals surface area (Å²) in [6.45, 7) is 6.71. The summed E-state index contributed by atoms with van der Waals surface area (Å²) in [6.07, 6.45) is 2.76. The minimum atomic E-state index is 0.104. The van der Waals surface area contributed by atoms with Gasteiger partial charge in [-0.1, -0.05) is 19.9 Å². The molecule has 10 heavy (non-hydrogen) atoms. The molecule has 0 aromatic carbocycles. The fourth-order valence-electron chi connectivity index (χ4n) is 0.813. The van der Waals surface area contributed by atoms with Crippen LogP contribution in [0, 0.1) is 0 Å². The van der Waals surface area contributed by atoms with Crippen LogP contribution < -0.4 is 5.32 Å². The molecule has 0 bridgehead atoms. The molecule has 1 heterocycles. The Kier molecular flexibility index (Phi) is 4.63. The van der Waals surface area contributed by atoms with Crippen LogP contribution in [0.1, 0.15) is 27.2 Å². The molecular weight excluding hydrogens is 126 g/mol. The maximum Gasteiger partial charge on any atom is 0.246 e. The van der Waals surface area contributed by atoms with E-state index in [2.05, 4.69) is 5.32 Å². The van der Waals surface area contributed by atoms with Crippen LogP contribution in [0.25, 0.3) is 0 Å². The van der Waals surface area contributed by atoms with Gasteiger partial charge in [0.05, 0.1) is 0 Å². The van der Waals surface area contributed by atoms with E-state index in [1.807, 2.05) is 26.8 Å². The number of nitrogens with one attached hydrogen (secondary N) is 1. The molecule has 1 N–H and O–H groups in total. The molecule has 1 rings (SSSR count). The molecule has 1 aliphatic rings. The van der Waals surface area contributed by atoms with Crippen molar-refractivity contribution in [1.29, 1.82) is 0 Å². The molecule has 0 aliphatic carbocycles. The van der Waals surface area contributed by atoms with Gasteiger partial charge in [-0.25, -0.2) is 0 Å². The van der Waals surface area contributed by atoms with Crippen molar-refractivity contribution >= 4 is 5.91 Å². The van der Waals surface area contributed by atoms with Crippen LogP contribution >= 0.6 is 0 Å². The van der Waals surface area contributed by atoms with E-state index in [-0.39, 0.29) is 5.91 Å². The van der Waals surface area contributed by atoms with Gasteiger partial charge in [-0.3, -0.25) is 4.79 Å². The van der Waals surface area contributed by atoms with Crippen LogP contribution in [-0.4, -0.2) is 12.5 Å². The standard InChI is InChI=1S/C6H9NO.C2H6/c1-2-5-3-4-7-6(5)8;1-2/h2H,3-4H2,1H3,(H,7,8);1-2H3/b5-2-;. The predicted octanol–water partition coefficient (Wildman–Crippen LogP) is 1.48. The summed E-state index contributed by atoms with van der Waals surface area (Å²) in [6, 6.07) is 0. The summed E-state index contributed by atoms with van der Waals surface area (Å²) in [4.78, 5) is 10.6. The number of allylic oxidation sites excluding steroid dienone is 1. The molecule has 1 saturated heterocycles. The van der Waals surface area contributed by atoms with Crippen molar-refractivity contribution in [3.05, 3.63) is 11.6 Å². The quantitative estimate of drug-likeness (QED) is 0.509. The first kappa shape index (κ1) is 9.21. The van der Waals surface area contributed by atoms with E-state index < -0.39 is 0 Å². The van der Waals surface area contributed by atoms with Gasteiger partial charge in [-0.2, -0.15) is 0 Å². The van der Waals surface area contributed by atoms with E-state index in [4.69, 9.17) is 0 Å². The van der Waals surface area contributed by atoms with Crippen molar-refractivity contribution in [2.24, 2.45) is 0 Å². The summed E-state index contributed by atoms with van der Waals surface area (Å²) in [5, 5.41) is 2.71. The number of hydrogen-bond donors (Lipinski definition) is 1. The van der Waals surface area contributed by atoms with Crippen LogP contribution in [0.2, 0.25) is 0 Å². The van der Waals surface area contributed by atoms with Crippen LogP contribution in [-0.2, 0) is 4.79 Å². The third-order valence-corrected chi connectivity index (χ3v) is 1.32. The van der Waals surface area contributed by atoms with Gasteiger partial charge in [0.1, 0.15) is 0 Å². The maximum absolute atomic E-state index is 10.6. The van der Waals surface area contributed by atoms with Gasteiger partial charge in [0.2, 0.25) is 5.91 Å². The Morgan fingerprint density at radius 1 is 1.50 bits per heavy atom. The minimum absolute atomic E-state index is 0.104. The maximum atomic E-state index is 10.6. The van der Waals surface area contributed by atoms with Gasteiger partial charge in [0.15, 0.2) is 0 Å². The SMILES string of the molecule is C/C=C1/CCNC1=O.CC. The summed E-state index contributed by atoms with van der Waals surface area (Å²) in [5.74, 6) is 0.104. The molecule has 1 aliphatic heterocycles. The molecule has 1 fully saturated rings. The highest BCUT2D eigenvalue weighted by atomic mass is 16.1. The van der Waals surface area contributed by atoms with Gasteiger partial charge < -0.3 is 5.32 Å². The lowest BCUT2D eigenvalue weighted by molar-refractivity contribution is -0.116. The van der Waals surface area contributed by atoms with Crippen molar-refractivity contribution in [3.8, 4) is 0 Å². The van der Waals surface area contributed by atoms with E-state index in [1.54, 1.807) is 0 Å². The summed E-state index contributed by atoms with van der Waals surface area (Å²) >= 11 is 0. The molecule has 0 radical (unpaired) electrons. The number of hydrogen-bond acceptors (Lipinski definition) is 1. The Balaban J connectivity index is 0.000000371. The molecule has 0 unspecified atom stereocenters. The lowest BCUT2D eigenvalue weighted by Crippen LogP contribution is -2.13. The molecule has 1 amide bonds. The largest absolute Gasteiger partial charge is 0.352 e. The van der Waals surface area contributed by atoms with E-state index in [9.17, 15) is 4.79 Å². The molecule has 0 aromatic heterocycles. The number of amides is 1. The van der Waals surface area contributed by atoms with Crippen molar-refractivity contribution in [3.63, 3.8) is 0 Å². The second-order valence-electron chi connectivity index (χ2n) is 1.82. The van der Waals surface area contributed by atoms with Crippen molar-refractivity contribution < 1.29 is 4.79 Å². The molecule has 0 aromatic rings. The predicted molar refractivity (Wildman–Crippen MR) is 42.7 cm³/mol. The fraction of sp³-hybridized carbons (Fsp3) is 0.625. The molecule has 2 heteroatoms. The van der Waals surface area contributed by atoms with E-state index >= 15 is 0 Å². The van der Waals surface area contributed by atoms with E-state index in [0.717, 1.165) is 18.5 Å². The van der Waals surface area contributed by atoms with E-state index in [1.165, 1.54) is 0 Å². The zero-order valence-electron chi connectivity index (χ0n) is 6.90. The Morgan fingerprint density at radius 3 is 2.30 bits per heavy atom. The van der Waals surface area contributed by atoms with Gasteiger partial charge in [-0.15, -0.1) is 0 Å². The first-order valence-electron chi connectivity index (χ1n) is 3.78. The van der Waals surface area contributed by atoms with Crippen LogP contribution in [0.15, 0.2) is 11.6 Å². The first-order valence-corrected chi connectivity index (χ1v) is 3.78. The number of rotatable bonds is 0.